The number of epoxide rings is 1. The van der Waals surface area contributed by atoms with Crippen LogP contribution in [0.15, 0.2) is 30.3 Å². The summed E-state index contributed by atoms with van der Waals surface area (Å²) < 4.78 is 5.41. The van der Waals surface area contributed by atoms with Crippen molar-refractivity contribution in [3.05, 3.63) is 35.9 Å². The van der Waals surface area contributed by atoms with Crippen molar-refractivity contribution in [3.8, 4) is 0 Å². The normalized spacial score (nSPS) is 30.0. The summed E-state index contributed by atoms with van der Waals surface area (Å²) in [5.41, 5.74) is 0.778. The molecular weight excluding hydrogens is 176 g/mol. The molecule has 1 aliphatic heterocycles. The van der Waals surface area contributed by atoms with Crippen LogP contribution in [0.5, 0.6) is 0 Å². The van der Waals surface area contributed by atoms with Gasteiger partial charge in [-0.25, -0.2) is 0 Å². The Kier molecular flexibility index (Phi) is 1.71. The molecule has 2 heteroatoms. The third kappa shape index (κ3) is 1.36. The maximum Gasteiger partial charge on any atom is 0.194 e. The molecule has 0 N–H and O–H groups in total. The van der Waals surface area contributed by atoms with E-state index in [9.17, 15) is 4.79 Å². The zero-order chi connectivity index (χ0) is 9.54. The molecule has 0 radical (unpaired) electrons. The van der Waals surface area contributed by atoms with E-state index in [-0.39, 0.29) is 18.0 Å². The van der Waals surface area contributed by atoms with Gasteiger partial charge in [0, 0.05) is 5.56 Å². The van der Waals surface area contributed by atoms with Crippen molar-refractivity contribution in [2.75, 3.05) is 0 Å². The predicted molar refractivity (Wildman–Crippen MR) is 52.2 cm³/mol. The van der Waals surface area contributed by atoms with Gasteiger partial charge in [-0.2, -0.15) is 0 Å². The van der Waals surface area contributed by atoms with E-state index in [2.05, 4.69) is 0 Å². The lowest BCUT2D eigenvalue weighted by Gasteiger charge is -1.95. The molecule has 2 aliphatic rings. The van der Waals surface area contributed by atoms with E-state index in [1.807, 2.05) is 30.3 Å². The number of carbonyl (C=O) groups excluding carboxylic acids is 1. The lowest BCUT2D eigenvalue weighted by atomic mass is 10.1. The van der Waals surface area contributed by atoms with Crippen molar-refractivity contribution in [3.63, 3.8) is 0 Å². The first-order valence-electron chi connectivity index (χ1n) is 5.11. The van der Waals surface area contributed by atoms with E-state index in [1.54, 1.807) is 0 Å². The standard InChI is InChI=1S/C12H12O2/c13-10(8-4-2-1-3-5-8)12-11(14-12)9-6-7-9/h1-5,9,11-12H,6-7H2/t11-,12-/m1/s1. The molecule has 1 saturated heterocycles. The fraction of sp³-hybridized carbons (Fsp3) is 0.417. The van der Waals surface area contributed by atoms with Gasteiger partial charge in [-0.3, -0.25) is 4.79 Å². The first-order valence-corrected chi connectivity index (χ1v) is 5.11. The lowest BCUT2D eigenvalue weighted by Crippen LogP contribution is -2.10. The van der Waals surface area contributed by atoms with Crippen LogP contribution >= 0.6 is 0 Å². The minimum atomic E-state index is -0.134. The number of ether oxygens (including phenoxy) is 1. The fourth-order valence-corrected chi connectivity index (χ4v) is 1.88. The average Bonchev–Trinajstić information content (AvgIpc) is 3.07. The van der Waals surface area contributed by atoms with Gasteiger partial charge in [0.05, 0.1) is 6.10 Å². The van der Waals surface area contributed by atoms with E-state index in [4.69, 9.17) is 4.74 Å². The van der Waals surface area contributed by atoms with Crippen LogP contribution in [0.1, 0.15) is 23.2 Å². The molecule has 0 bridgehead atoms. The molecule has 0 unspecified atom stereocenters. The van der Waals surface area contributed by atoms with Gasteiger partial charge in [0.1, 0.15) is 6.10 Å². The predicted octanol–water partition coefficient (Wildman–Crippen LogP) is 2.05. The Balaban J connectivity index is 1.72. The molecule has 1 aromatic carbocycles. The minimum absolute atomic E-state index is 0.134. The molecule has 0 spiro atoms. The molecule has 14 heavy (non-hydrogen) atoms. The first kappa shape index (κ1) is 8.18. The van der Waals surface area contributed by atoms with Gasteiger partial charge in [0.2, 0.25) is 0 Å². The van der Waals surface area contributed by atoms with Gasteiger partial charge in [0.15, 0.2) is 5.78 Å². The smallest absolute Gasteiger partial charge is 0.194 e. The van der Waals surface area contributed by atoms with Gasteiger partial charge in [-0.1, -0.05) is 30.3 Å². The Morgan fingerprint density at radius 1 is 1.21 bits per heavy atom. The molecule has 2 atom stereocenters. The van der Waals surface area contributed by atoms with Crippen molar-refractivity contribution in [2.24, 2.45) is 5.92 Å². The van der Waals surface area contributed by atoms with Crippen LogP contribution in [-0.2, 0) is 4.74 Å². The van der Waals surface area contributed by atoms with Crippen LogP contribution in [0.3, 0.4) is 0 Å². The summed E-state index contributed by atoms with van der Waals surface area (Å²) in [6, 6.07) is 9.41. The zero-order valence-corrected chi connectivity index (χ0v) is 7.85. The molecule has 0 aromatic heterocycles. The monoisotopic (exact) mass is 188 g/mol. The van der Waals surface area contributed by atoms with Gasteiger partial charge >= 0.3 is 0 Å². The maximum atomic E-state index is 11.8. The second kappa shape index (κ2) is 2.92. The molecule has 1 saturated carbocycles. The van der Waals surface area contributed by atoms with Crippen molar-refractivity contribution < 1.29 is 9.53 Å². The van der Waals surface area contributed by atoms with Crippen LogP contribution in [0.25, 0.3) is 0 Å². The molecule has 1 heterocycles. The summed E-state index contributed by atoms with van der Waals surface area (Å²) in [6.45, 7) is 0. The van der Waals surface area contributed by atoms with Crippen LogP contribution in [0, 0.1) is 5.92 Å². The summed E-state index contributed by atoms with van der Waals surface area (Å²) in [5, 5.41) is 0. The average molecular weight is 188 g/mol. The number of hydrogen-bond acceptors (Lipinski definition) is 2. The Morgan fingerprint density at radius 2 is 1.93 bits per heavy atom. The number of benzene rings is 1. The second-order valence-corrected chi connectivity index (χ2v) is 4.09. The Labute approximate surface area is 82.9 Å². The molecule has 2 nitrogen and oxygen atoms in total. The zero-order valence-electron chi connectivity index (χ0n) is 7.85. The van der Waals surface area contributed by atoms with E-state index in [0.717, 1.165) is 5.56 Å². The van der Waals surface area contributed by atoms with Crippen LogP contribution in [0.4, 0.5) is 0 Å². The van der Waals surface area contributed by atoms with E-state index in [0.29, 0.717) is 5.92 Å². The molecule has 1 aromatic rings. The summed E-state index contributed by atoms with van der Waals surface area (Å²) in [5.74, 6) is 0.829. The quantitative estimate of drug-likeness (QED) is 0.536. The SMILES string of the molecule is O=C(c1ccccc1)[C@H]1O[C@@H]1C1CC1. The highest BCUT2D eigenvalue weighted by atomic mass is 16.6. The number of ketones is 1. The van der Waals surface area contributed by atoms with Crippen molar-refractivity contribution in [1.82, 2.24) is 0 Å². The van der Waals surface area contributed by atoms with Crippen molar-refractivity contribution in [1.29, 1.82) is 0 Å². The molecule has 2 fully saturated rings. The van der Waals surface area contributed by atoms with E-state index >= 15 is 0 Å². The van der Waals surface area contributed by atoms with Gasteiger partial charge in [-0.15, -0.1) is 0 Å². The number of hydrogen-bond donors (Lipinski definition) is 0. The topological polar surface area (TPSA) is 29.6 Å². The molecule has 3 rings (SSSR count). The highest BCUT2D eigenvalue weighted by molar-refractivity contribution is 6.01. The first-order chi connectivity index (χ1) is 6.86. The molecular formula is C12H12O2. The Morgan fingerprint density at radius 3 is 2.57 bits per heavy atom. The summed E-state index contributed by atoms with van der Waals surface area (Å²) in [7, 11) is 0. The Hall–Kier alpha value is -1.15. The minimum Gasteiger partial charge on any atom is -0.361 e. The third-order valence-corrected chi connectivity index (χ3v) is 2.93. The fourth-order valence-electron chi connectivity index (χ4n) is 1.88. The van der Waals surface area contributed by atoms with Crippen LogP contribution in [0.2, 0.25) is 0 Å². The van der Waals surface area contributed by atoms with E-state index in [1.165, 1.54) is 12.8 Å². The van der Waals surface area contributed by atoms with Crippen LogP contribution in [-0.4, -0.2) is 18.0 Å². The molecule has 72 valence electrons. The van der Waals surface area contributed by atoms with Crippen LogP contribution < -0.4 is 0 Å². The van der Waals surface area contributed by atoms with Gasteiger partial charge < -0.3 is 4.74 Å². The Bertz CT molecular complexity index is 354. The number of Topliss-reactive ketones (excluding diaryl/α,β-unsaturated/α-hetero) is 1. The number of rotatable bonds is 3. The largest absolute Gasteiger partial charge is 0.361 e. The highest BCUT2D eigenvalue weighted by Gasteiger charge is 2.53. The maximum absolute atomic E-state index is 11.8. The summed E-state index contributed by atoms with van der Waals surface area (Å²) in [6.07, 6.45) is 2.58. The third-order valence-electron chi connectivity index (χ3n) is 2.93. The molecule has 0 amide bonds. The van der Waals surface area contributed by atoms with Crippen molar-refractivity contribution in [2.45, 2.75) is 25.0 Å². The second-order valence-electron chi connectivity index (χ2n) is 4.09. The highest BCUT2D eigenvalue weighted by Crippen LogP contribution is 2.45. The molecule has 1 aliphatic carbocycles. The van der Waals surface area contributed by atoms with Crippen molar-refractivity contribution >= 4 is 5.78 Å². The number of carbonyl (C=O) groups is 1. The van der Waals surface area contributed by atoms with E-state index < -0.39 is 0 Å². The lowest BCUT2D eigenvalue weighted by molar-refractivity contribution is 0.0953. The summed E-state index contributed by atoms with van der Waals surface area (Å²) in [4.78, 5) is 11.8. The van der Waals surface area contributed by atoms with Gasteiger partial charge in [-0.05, 0) is 18.8 Å². The summed E-state index contributed by atoms with van der Waals surface area (Å²) >= 11 is 0. The van der Waals surface area contributed by atoms with Gasteiger partial charge in [0.25, 0.3) is 0 Å².